The zero-order valence-corrected chi connectivity index (χ0v) is 11.2. The Kier molecular flexibility index (Phi) is 4.10. The average Bonchev–Trinajstić information content (AvgIpc) is 2.42. The molecule has 1 amide bonds. The van der Waals surface area contributed by atoms with Crippen LogP contribution in [0.25, 0.3) is 0 Å². The third-order valence-electron chi connectivity index (χ3n) is 2.63. The van der Waals surface area contributed by atoms with E-state index in [9.17, 15) is 14.3 Å². The maximum Gasteiger partial charge on any atom is 0.259 e. The van der Waals surface area contributed by atoms with Crippen LogP contribution in [0.15, 0.2) is 36.4 Å². The first-order valence-electron chi connectivity index (χ1n) is 5.64. The fraction of sp³-hybridized carbons (Fsp3) is 0.0714. The first kappa shape index (κ1) is 14.1. The van der Waals surface area contributed by atoms with Crippen molar-refractivity contribution in [2.45, 2.75) is 0 Å². The first-order chi connectivity index (χ1) is 9.51. The third-order valence-corrected chi connectivity index (χ3v) is 2.94. The van der Waals surface area contributed by atoms with Crippen molar-refractivity contribution < 1.29 is 19.0 Å². The van der Waals surface area contributed by atoms with Crippen LogP contribution in [0.1, 0.15) is 10.4 Å². The number of carbonyl (C=O) groups excluding carboxylic acids is 1. The molecule has 0 aliphatic heterocycles. The van der Waals surface area contributed by atoms with E-state index in [-0.39, 0.29) is 22.0 Å². The Morgan fingerprint density at radius 3 is 2.70 bits per heavy atom. The van der Waals surface area contributed by atoms with Crippen molar-refractivity contribution in [1.29, 1.82) is 0 Å². The highest BCUT2D eigenvalue weighted by molar-refractivity contribution is 6.34. The van der Waals surface area contributed by atoms with E-state index in [0.29, 0.717) is 5.75 Å². The highest BCUT2D eigenvalue weighted by atomic mass is 35.5. The molecule has 2 N–H and O–H groups in total. The molecule has 0 aliphatic rings. The van der Waals surface area contributed by atoms with Gasteiger partial charge in [-0.25, -0.2) is 4.39 Å². The molecule has 0 heterocycles. The van der Waals surface area contributed by atoms with Crippen molar-refractivity contribution in [3.63, 3.8) is 0 Å². The van der Waals surface area contributed by atoms with Gasteiger partial charge >= 0.3 is 0 Å². The summed E-state index contributed by atoms with van der Waals surface area (Å²) in [6, 6.07) is 7.86. The van der Waals surface area contributed by atoms with Gasteiger partial charge in [-0.05, 0) is 36.4 Å². The maximum absolute atomic E-state index is 12.9. The Morgan fingerprint density at radius 2 is 2.05 bits per heavy atom. The number of hydrogen-bond acceptors (Lipinski definition) is 3. The summed E-state index contributed by atoms with van der Waals surface area (Å²) in [5.74, 6) is -0.841. The summed E-state index contributed by atoms with van der Waals surface area (Å²) >= 11 is 5.82. The van der Waals surface area contributed by atoms with Crippen LogP contribution in [-0.2, 0) is 0 Å². The number of rotatable bonds is 3. The number of ether oxygens (including phenoxy) is 1. The second-order valence-electron chi connectivity index (χ2n) is 3.96. The number of benzene rings is 2. The number of amides is 1. The lowest BCUT2D eigenvalue weighted by molar-refractivity contribution is 0.102. The van der Waals surface area contributed by atoms with Gasteiger partial charge in [-0.15, -0.1) is 0 Å². The van der Waals surface area contributed by atoms with E-state index in [1.165, 1.54) is 37.4 Å². The number of aromatic hydroxyl groups is 1. The number of methoxy groups -OCH3 is 1. The first-order valence-corrected chi connectivity index (χ1v) is 6.02. The molecule has 20 heavy (non-hydrogen) atoms. The standard InChI is InChI=1S/C14H11ClFNO3/c1-20-9-3-5-13(18)10(7-9)14(19)17-12-4-2-8(16)6-11(12)15/h2-7,18H,1H3,(H,17,19). The van der Waals surface area contributed by atoms with Gasteiger partial charge in [0.2, 0.25) is 0 Å². The molecule has 0 aliphatic carbocycles. The molecule has 2 aromatic carbocycles. The van der Waals surface area contributed by atoms with Crippen LogP contribution in [0.3, 0.4) is 0 Å². The molecular weight excluding hydrogens is 285 g/mol. The van der Waals surface area contributed by atoms with Crippen molar-refractivity contribution in [3.05, 3.63) is 52.8 Å². The monoisotopic (exact) mass is 295 g/mol. The molecule has 0 unspecified atom stereocenters. The van der Waals surface area contributed by atoms with E-state index in [0.717, 1.165) is 6.07 Å². The van der Waals surface area contributed by atoms with Crippen molar-refractivity contribution >= 4 is 23.2 Å². The molecule has 104 valence electrons. The summed E-state index contributed by atoms with van der Waals surface area (Å²) in [6.45, 7) is 0. The molecule has 0 saturated carbocycles. The Labute approximate surface area is 119 Å². The minimum absolute atomic E-state index is 0.0322. The van der Waals surface area contributed by atoms with E-state index in [2.05, 4.69) is 5.32 Å². The van der Waals surface area contributed by atoms with Gasteiger partial charge in [-0.3, -0.25) is 4.79 Å². The van der Waals surface area contributed by atoms with Gasteiger partial charge in [0.1, 0.15) is 17.3 Å². The van der Waals surface area contributed by atoms with Gasteiger partial charge in [0.15, 0.2) is 0 Å². The van der Waals surface area contributed by atoms with Crippen molar-refractivity contribution in [2.24, 2.45) is 0 Å². The van der Waals surface area contributed by atoms with Crippen LogP contribution < -0.4 is 10.1 Å². The number of carbonyl (C=O) groups is 1. The zero-order valence-electron chi connectivity index (χ0n) is 10.5. The maximum atomic E-state index is 12.9. The Balaban J connectivity index is 2.28. The largest absolute Gasteiger partial charge is 0.507 e. The van der Waals surface area contributed by atoms with Crippen molar-refractivity contribution in [3.8, 4) is 11.5 Å². The minimum atomic E-state index is -0.574. The second kappa shape index (κ2) is 5.79. The molecule has 0 spiro atoms. The van der Waals surface area contributed by atoms with Gasteiger partial charge in [-0.2, -0.15) is 0 Å². The van der Waals surface area contributed by atoms with E-state index in [1.807, 2.05) is 0 Å². The second-order valence-corrected chi connectivity index (χ2v) is 4.37. The lowest BCUT2D eigenvalue weighted by Crippen LogP contribution is -2.12. The molecule has 0 saturated heterocycles. The number of phenols is 1. The highest BCUT2D eigenvalue weighted by Crippen LogP contribution is 2.26. The van der Waals surface area contributed by atoms with Crippen LogP contribution in [0.2, 0.25) is 5.02 Å². The topological polar surface area (TPSA) is 58.6 Å². The molecule has 0 radical (unpaired) electrons. The quantitative estimate of drug-likeness (QED) is 0.912. The van der Waals surface area contributed by atoms with Gasteiger partial charge in [0.25, 0.3) is 5.91 Å². The molecule has 0 atom stereocenters. The van der Waals surface area contributed by atoms with Gasteiger partial charge in [0.05, 0.1) is 23.4 Å². The molecular formula is C14H11ClFNO3. The summed E-state index contributed by atoms with van der Waals surface area (Å²) in [4.78, 5) is 12.1. The summed E-state index contributed by atoms with van der Waals surface area (Å²) in [6.07, 6.45) is 0. The normalized spacial score (nSPS) is 10.2. The lowest BCUT2D eigenvalue weighted by Gasteiger charge is -2.09. The highest BCUT2D eigenvalue weighted by Gasteiger charge is 2.14. The number of anilines is 1. The number of phenolic OH excluding ortho intramolecular Hbond substituents is 1. The number of hydrogen-bond donors (Lipinski definition) is 2. The van der Waals surface area contributed by atoms with Crippen LogP contribution >= 0.6 is 11.6 Å². The molecule has 6 heteroatoms. The third kappa shape index (κ3) is 3.00. The fourth-order valence-corrected chi connectivity index (χ4v) is 1.82. The average molecular weight is 296 g/mol. The van der Waals surface area contributed by atoms with Gasteiger partial charge < -0.3 is 15.2 Å². The molecule has 2 rings (SSSR count). The van der Waals surface area contributed by atoms with E-state index in [1.54, 1.807) is 0 Å². The molecule has 0 fully saturated rings. The predicted octanol–water partition coefficient (Wildman–Crippen LogP) is 3.45. The Morgan fingerprint density at radius 1 is 1.30 bits per heavy atom. The van der Waals surface area contributed by atoms with Crippen LogP contribution in [0.5, 0.6) is 11.5 Å². The summed E-state index contributed by atoms with van der Waals surface area (Å²) in [5.41, 5.74) is 0.282. The zero-order chi connectivity index (χ0) is 14.7. The van der Waals surface area contributed by atoms with E-state index >= 15 is 0 Å². The minimum Gasteiger partial charge on any atom is -0.507 e. The number of nitrogens with one attached hydrogen (secondary N) is 1. The van der Waals surface area contributed by atoms with Gasteiger partial charge in [0, 0.05) is 0 Å². The SMILES string of the molecule is COc1ccc(O)c(C(=O)Nc2ccc(F)cc2Cl)c1. The summed E-state index contributed by atoms with van der Waals surface area (Å²) in [7, 11) is 1.45. The summed E-state index contributed by atoms with van der Waals surface area (Å²) < 4.78 is 17.9. The van der Waals surface area contributed by atoms with Crippen molar-refractivity contribution in [1.82, 2.24) is 0 Å². The number of halogens is 2. The van der Waals surface area contributed by atoms with Crippen molar-refractivity contribution in [2.75, 3.05) is 12.4 Å². The smallest absolute Gasteiger partial charge is 0.259 e. The van der Waals surface area contributed by atoms with Crippen LogP contribution in [-0.4, -0.2) is 18.1 Å². The molecule has 0 aromatic heterocycles. The Bertz CT molecular complexity index is 661. The molecule has 2 aromatic rings. The van der Waals surface area contributed by atoms with E-state index < -0.39 is 11.7 Å². The lowest BCUT2D eigenvalue weighted by atomic mass is 10.1. The van der Waals surface area contributed by atoms with Crippen LogP contribution in [0, 0.1) is 5.82 Å². The summed E-state index contributed by atoms with van der Waals surface area (Å²) in [5, 5.41) is 12.2. The van der Waals surface area contributed by atoms with E-state index in [4.69, 9.17) is 16.3 Å². The molecule has 4 nitrogen and oxygen atoms in total. The van der Waals surface area contributed by atoms with Gasteiger partial charge in [-0.1, -0.05) is 11.6 Å². The van der Waals surface area contributed by atoms with Crippen LogP contribution in [0.4, 0.5) is 10.1 Å². The fourth-order valence-electron chi connectivity index (χ4n) is 1.60. The predicted molar refractivity (Wildman–Crippen MR) is 74.0 cm³/mol. The Hall–Kier alpha value is -2.27. The molecule has 0 bridgehead atoms.